The summed E-state index contributed by atoms with van der Waals surface area (Å²) < 4.78 is 41.2. The Morgan fingerprint density at radius 3 is 2.63 bits per heavy atom. The van der Waals surface area contributed by atoms with Crippen LogP contribution in [0.5, 0.6) is 0 Å². The summed E-state index contributed by atoms with van der Waals surface area (Å²) in [4.78, 5) is 12.7. The molecule has 0 spiro atoms. The van der Waals surface area contributed by atoms with E-state index in [1.54, 1.807) is 6.07 Å². The molecule has 1 heterocycles. The van der Waals surface area contributed by atoms with Crippen molar-refractivity contribution in [2.75, 3.05) is 16.2 Å². The van der Waals surface area contributed by atoms with E-state index < -0.39 is 21.7 Å². The zero-order chi connectivity index (χ0) is 21.3. The molecule has 0 saturated carbocycles. The lowest BCUT2D eigenvalue weighted by atomic mass is 10.0. The molecule has 0 fully saturated rings. The number of nitrogens with zero attached hydrogens (tertiary/aromatic N) is 1. The largest absolute Gasteiger partial charge is 0.321 e. The molecular weight excluding hydrogens is 427 g/mol. The Kier molecular flexibility index (Phi) is 5.49. The zero-order valence-electron chi connectivity index (χ0n) is 15.8. The van der Waals surface area contributed by atoms with Crippen LogP contribution < -0.4 is 9.62 Å². The molecule has 0 aromatic heterocycles. The molecule has 0 saturated heterocycles. The van der Waals surface area contributed by atoms with Gasteiger partial charge in [-0.3, -0.25) is 9.10 Å². The number of hydrogen-bond acceptors (Lipinski definition) is 3. The topological polar surface area (TPSA) is 66.5 Å². The Labute approximate surface area is 179 Å². The molecule has 154 valence electrons. The van der Waals surface area contributed by atoms with Gasteiger partial charge in [0.2, 0.25) is 0 Å². The number of para-hydroxylation sites is 1. The molecule has 5 nitrogen and oxygen atoms in total. The van der Waals surface area contributed by atoms with Crippen molar-refractivity contribution in [1.29, 1.82) is 0 Å². The molecule has 0 atom stereocenters. The van der Waals surface area contributed by atoms with Crippen LogP contribution in [0.4, 0.5) is 15.8 Å². The first-order valence-electron chi connectivity index (χ1n) is 9.33. The number of amides is 1. The van der Waals surface area contributed by atoms with Gasteiger partial charge in [0.1, 0.15) is 5.82 Å². The molecule has 0 unspecified atom stereocenters. The lowest BCUT2D eigenvalue weighted by molar-refractivity contribution is 0.102. The van der Waals surface area contributed by atoms with Gasteiger partial charge in [-0.15, -0.1) is 0 Å². The number of anilines is 2. The second-order valence-corrected chi connectivity index (χ2v) is 9.19. The van der Waals surface area contributed by atoms with Crippen LogP contribution in [0.25, 0.3) is 0 Å². The van der Waals surface area contributed by atoms with Crippen LogP contribution in [0, 0.1) is 5.82 Å². The molecule has 0 bridgehead atoms. The minimum atomic E-state index is -3.84. The minimum absolute atomic E-state index is 0.0251. The molecule has 1 aliphatic rings. The van der Waals surface area contributed by atoms with E-state index in [-0.39, 0.29) is 21.2 Å². The van der Waals surface area contributed by atoms with E-state index in [9.17, 15) is 17.6 Å². The number of benzene rings is 3. The van der Waals surface area contributed by atoms with Crippen LogP contribution >= 0.6 is 11.6 Å². The van der Waals surface area contributed by atoms with Gasteiger partial charge in [0.15, 0.2) is 0 Å². The van der Waals surface area contributed by atoms with Crippen molar-refractivity contribution in [3.8, 4) is 0 Å². The molecule has 1 N–H and O–H groups in total. The van der Waals surface area contributed by atoms with Crippen molar-refractivity contribution in [3.63, 3.8) is 0 Å². The number of fused-ring (bicyclic) bond motifs is 1. The Morgan fingerprint density at radius 2 is 1.83 bits per heavy atom. The van der Waals surface area contributed by atoms with Crippen molar-refractivity contribution in [1.82, 2.24) is 0 Å². The summed E-state index contributed by atoms with van der Waals surface area (Å²) in [7, 11) is -3.84. The highest BCUT2D eigenvalue weighted by Crippen LogP contribution is 2.32. The Morgan fingerprint density at radius 1 is 1.03 bits per heavy atom. The molecule has 30 heavy (non-hydrogen) atoms. The Hall–Kier alpha value is -2.90. The molecule has 1 amide bonds. The van der Waals surface area contributed by atoms with Gasteiger partial charge in [-0.1, -0.05) is 35.9 Å². The number of rotatable bonds is 4. The molecule has 0 radical (unpaired) electrons. The van der Waals surface area contributed by atoms with E-state index in [0.29, 0.717) is 12.2 Å². The maximum Gasteiger partial charge on any atom is 0.264 e. The summed E-state index contributed by atoms with van der Waals surface area (Å²) in [6, 6.07) is 16.9. The highest BCUT2D eigenvalue weighted by molar-refractivity contribution is 7.92. The van der Waals surface area contributed by atoms with Crippen molar-refractivity contribution < 1.29 is 17.6 Å². The van der Waals surface area contributed by atoms with E-state index in [1.807, 2.05) is 18.2 Å². The van der Waals surface area contributed by atoms with Crippen LogP contribution in [0.2, 0.25) is 5.02 Å². The lowest BCUT2D eigenvalue weighted by Crippen LogP contribution is -2.35. The summed E-state index contributed by atoms with van der Waals surface area (Å²) in [5.41, 5.74) is 2.03. The maximum atomic E-state index is 13.3. The molecule has 4 rings (SSSR count). The standard InChI is InChI=1S/C22H18ClFN2O3S/c23-19-14-17(24)10-11-20(19)25-22(27)16-6-3-8-18(13-16)30(28,29)26-12-4-7-15-5-1-2-9-21(15)26/h1-3,5-6,8-11,13-14H,4,7,12H2,(H,25,27). The zero-order valence-corrected chi connectivity index (χ0v) is 17.4. The Bertz CT molecular complexity index is 1230. The third-order valence-electron chi connectivity index (χ3n) is 4.93. The summed E-state index contributed by atoms with van der Waals surface area (Å²) >= 11 is 5.96. The highest BCUT2D eigenvalue weighted by Gasteiger charge is 2.29. The maximum absolute atomic E-state index is 13.3. The quantitative estimate of drug-likeness (QED) is 0.624. The third-order valence-corrected chi connectivity index (χ3v) is 7.05. The molecule has 1 aliphatic heterocycles. The van der Waals surface area contributed by atoms with Crippen molar-refractivity contribution in [2.45, 2.75) is 17.7 Å². The molecule has 3 aromatic carbocycles. The monoisotopic (exact) mass is 444 g/mol. The third kappa shape index (κ3) is 3.91. The summed E-state index contributed by atoms with van der Waals surface area (Å²) in [5, 5.41) is 2.63. The Balaban J connectivity index is 1.64. The normalized spacial score (nSPS) is 13.6. The van der Waals surface area contributed by atoms with Gasteiger partial charge in [0.25, 0.3) is 15.9 Å². The van der Waals surface area contributed by atoms with Crippen molar-refractivity contribution in [2.24, 2.45) is 0 Å². The fourth-order valence-electron chi connectivity index (χ4n) is 3.46. The van der Waals surface area contributed by atoms with Gasteiger partial charge >= 0.3 is 0 Å². The second kappa shape index (κ2) is 8.08. The smallest absolute Gasteiger partial charge is 0.264 e. The molecule has 0 aliphatic carbocycles. The highest BCUT2D eigenvalue weighted by atomic mass is 35.5. The number of sulfonamides is 1. The van der Waals surface area contributed by atoms with Crippen LogP contribution in [-0.2, 0) is 16.4 Å². The van der Waals surface area contributed by atoms with E-state index >= 15 is 0 Å². The predicted molar refractivity (Wildman–Crippen MR) is 115 cm³/mol. The van der Waals surface area contributed by atoms with Crippen LogP contribution in [0.3, 0.4) is 0 Å². The number of carbonyl (C=O) groups excluding carboxylic acids is 1. The van der Waals surface area contributed by atoms with Crippen molar-refractivity contribution >= 4 is 38.9 Å². The van der Waals surface area contributed by atoms with Crippen LogP contribution in [0.15, 0.2) is 71.6 Å². The van der Waals surface area contributed by atoms with Gasteiger partial charge in [-0.25, -0.2) is 12.8 Å². The average molecular weight is 445 g/mol. The minimum Gasteiger partial charge on any atom is -0.321 e. The number of nitrogens with one attached hydrogen (secondary N) is 1. The van der Waals surface area contributed by atoms with Crippen molar-refractivity contribution in [3.05, 3.63) is 88.7 Å². The first-order chi connectivity index (χ1) is 14.4. The molecule has 3 aromatic rings. The lowest BCUT2D eigenvalue weighted by Gasteiger charge is -2.30. The van der Waals surface area contributed by atoms with E-state index in [4.69, 9.17) is 11.6 Å². The number of hydrogen-bond donors (Lipinski definition) is 1. The fourth-order valence-corrected chi connectivity index (χ4v) is 5.26. The predicted octanol–water partition coefficient (Wildman–Crippen LogP) is 4.87. The number of carbonyl (C=O) groups is 1. The van der Waals surface area contributed by atoms with Gasteiger partial charge < -0.3 is 5.32 Å². The average Bonchev–Trinajstić information content (AvgIpc) is 2.75. The van der Waals surface area contributed by atoms with Crippen LogP contribution in [-0.4, -0.2) is 20.9 Å². The summed E-state index contributed by atoms with van der Waals surface area (Å²) in [5.74, 6) is -1.06. The van der Waals surface area contributed by atoms with E-state index in [0.717, 1.165) is 24.5 Å². The summed E-state index contributed by atoms with van der Waals surface area (Å²) in [6.45, 7) is 0.376. The van der Waals surface area contributed by atoms with E-state index in [1.165, 1.54) is 40.7 Å². The molecule has 8 heteroatoms. The van der Waals surface area contributed by atoms with Crippen LogP contribution in [0.1, 0.15) is 22.3 Å². The van der Waals surface area contributed by atoms with Gasteiger partial charge in [0, 0.05) is 12.1 Å². The van der Waals surface area contributed by atoms with Gasteiger partial charge in [-0.2, -0.15) is 0 Å². The fraction of sp³-hybridized carbons (Fsp3) is 0.136. The van der Waals surface area contributed by atoms with Gasteiger partial charge in [0.05, 0.1) is 21.3 Å². The SMILES string of the molecule is O=C(Nc1ccc(F)cc1Cl)c1cccc(S(=O)(=O)N2CCCc3ccccc32)c1. The summed E-state index contributed by atoms with van der Waals surface area (Å²) in [6.07, 6.45) is 1.54. The number of halogens is 2. The first-order valence-corrected chi connectivity index (χ1v) is 11.2. The van der Waals surface area contributed by atoms with Gasteiger partial charge in [-0.05, 0) is 60.9 Å². The van der Waals surface area contributed by atoms with E-state index in [2.05, 4.69) is 5.32 Å². The molecular formula is C22H18ClFN2O3S. The second-order valence-electron chi connectivity index (χ2n) is 6.92. The number of aryl methyl sites for hydroxylation is 1. The first kappa shape index (κ1) is 20.4.